The standard InChI is InChI=1S/C18H21ClN2O4/c19-13-6-4-12(5-7-13)18(8-9-18)17(24)25-11-15(22)21-10-2-1-3-14(21)16(20)23/h4-7,14H,1-3,8-11H2,(H2,20,23)/t14-/m1/s1. The van der Waals surface area contributed by atoms with Gasteiger partial charge in [0.05, 0.1) is 5.41 Å². The predicted octanol–water partition coefficient (Wildman–Crippen LogP) is 1.78. The second kappa shape index (κ2) is 7.04. The highest BCUT2D eigenvalue weighted by Gasteiger charge is 2.53. The molecule has 3 rings (SSSR count). The minimum atomic E-state index is -0.671. The largest absolute Gasteiger partial charge is 0.455 e. The summed E-state index contributed by atoms with van der Waals surface area (Å²) in [6.45, 7) is 0.101. The number of ether oxygens (including phenoxy) is 1. The molecule has 0 spiro atoms. The Hall–Kier alpha value is -2.08. The van der Waals surface area contributed by atoms with Crippen LogP contribution in [0.1, 0.15) is 37.7 Å². The molecule has 1 saturated carbocycles. The smallest absolute Gasteiger partial charge is 0.317 e. The molecule has 0 bridgehead atoms. The van der Waals surface area contributed by atoms with Gasteiger partial charge in [-0.15, -0.1) is 0 Å². The summed E-state index contributed by atoms with van der Waals surface area (Å²) in [6, 6.07) is 6.49. The molecule has 2 aliphatic rings. The molecule has 2 N–H and O–H groups in total. The maximum Gasteiger partial charge on any atom is 0.317 e. The van der Waals surface area contributed by atoms with Gasteiger partial charge in [-0.1, -0.05) is 23.7 Å². The molecule has 1 aromatic rings. The van der Waals surface area contributed by atoms with Crippen LogP contribution in [-0.4, -0.2) is 41.9 Å². The van der Waals surface area contributed by atoms with E-state index in [2.05, 4.69) is 0 Å². The van der Waals surface area contributed by atoms with Crippen molar-refractivity contribution < 1.29 is 19.1 Å². The van der Waals surface area contributed by atoms with Crippen molar-refractivity contribution in [2.24, 2.45) is 5.73 Å². The number of carbonyl (C=O) groups excluding carboxylic acids is 3. The number of nitrogens with zero attached hydrogens (tertiary/aromatic N) is 1. The van der Waals surface area contributed by atoms with Crippen molar-refractivity contribution in [3.63, 3.8) is 0 Å². The van der Waals surface area contributed by atoms with E-state index in [1.54, 1.807) is 12.1 Å². The van der Waals surface area contributed by atoms with Crippen molar-refractivity contribution in [2.75, 3.05) is 13.2 Å². The first kappa shape index (κ1) is 17.7. The van der Waals surface area contributed by atoms with Crippen LogP contribution < -0.4 is 5.73 Å². The van der Waals surface area contributed by atoms with Gasteiger partial charge in [-0.2, -0.15) is 0 Å². The first-order valence-corrected chi connectivity index (χ1v) is 8.84. The average molecular weight is 365 g/mol. The molecule has 1 aliphatic carbocycles. The third-order valence-electron chi connectivity index (χ3n) is 5.02. The molecule has 2 fully saturated rings. The number of hydrogen-bond acceptors (Lipinski definition) is 4. The van der Waals surface area contributed by atoms with E-state index in [9.17, 15) is 14.4 Å². The lowest BCUT2D eigenvalue weighted by Gasteiger charge is -2.33. The van der Waals surface area contributed by atoms with Gasteiger partial charge in [0.1, 0.15) is 6.04 Å². The van der Waals surface area contributed by atoms with Crippen molar-refractivity contribution in [3.8, 4) is 0 Å². The SMILES string of the molecule is NC(=O)[C@H]1CCCCN1C(=O)COC(=O)C1(c2ccc(Cl)cc2)CC1. The van der Waals surface area contributed by atoms with Crippen molar-refractivity contribution in [3.05, 3.63) is 34.9 Å². The fraction of sp³-hybridized carbons (Fsp3) is 0.500. The number of primary amides is 1. The number of piperidine rings is 1. The van der Waals surface area contributed by atoms with E-state index in [1.807, 2.05) is 12.1 Å². The highest BCUT2D eigenvalue weighted by atomic mass is 35.5. The number of hydrogen-bond donors (Lipinski definition) is 1. The van der Waals surface area contributed by atoms with Crippen molar-refractivity contribution in [1.82, 2.24) is 4.90 Å². The summed E-state index contributed by atoms with van der Waals surface area (Å²) in [6.07, 6.45) is 3.61. The van der Waals surface area contributed by atoms with Crippen LogP contribution in [0.15, 0.2) is 24.3 Å². The lowest BCUT2D eigenvalue weighted by molar-refractivity contribution is -0.156. The summed E-state index contributed by atoms with van der Waals surface area (Å²) < 4.78 is 5.28. The monoisotopic (exact) mass is 364 g/mol. The highest BCUT2D eigenvalue weighted by Crippen LogP contribution is 2.49. The Balaban J connectivity index is 1.61. The molecule has 0 unspecified atom stereocenters. The maximum absolute atomic E-state index is 12.5. The number of esters is 1. The lowest BCUT2D eigenvalue weighted by Crippen LogP contribution is -2.51. The Morgan fingerprint density at radius 3 is 2.48 bits per heavy atom. The molecule has 134 valence electrons. The molecule has 0 aromatic heterocycles. The summed E-state index contributed by atoms with van der Waals surface area (Å²) in [5.41, 5.74) is 5.55. The Morgan fingerprint density at radius 2 is 1.88 bits per heavy atom. The van der Waals surface area contributed by atoms with Crippen molar-refractivity contribution >= 4 is 29.4 Å². The van der Waals surface area contributed by atoms with Gasteiger partial charge in [0.15, 0.2) is 6.61 Å². The van der Waals surface area contributed by atoms with Crippen LogP contribution in [0.5, 0.6) is 0 Å². The van der Waals surface area contributed by atoms with Gasteiger partial charge in [0, 0.05) is 11.6 Å². The molecule has 1 heterocycles. The number of benzene rings is 1. The zero-order valence-electron chi connectivity index (χ0n) is 13.9. The molecule has 1 saturated heterocycles. The first-order chi connectivity index (χ1) is 11.9. The third kappa shape index (κ3) is 3.63. The van der Waals surface area contributed by atoms with Crippen LogP contribution in [0, 0.1) is 0 Å². The summed E-state index contributed by atoms with van der Waals surface area (Å²) in [5, 5.41) is 0.602. The van der Waals surface area contributed by atoms with Crippen molar-refractivity contribution in [2.45, 2.75) is 43.6 Å². The topological polar surface area (TPSA) is 89.7 Å². The first-order valence-electron chi connectivity index (χ1n) is 8.46. The van der Waals surface area contributed by atoms with Crippen LogP contribution in [0.2, 0.25) is 5.02 Å². The van der Waals surface area contributed by atoms with E-state index in [0.29, 0.717) is 30.8 Å². The zero-order chi connectivity index (χ0) is 18.0. The van der Waals surface area contributed by atoms with E-state index < -0.39 is 23.3 Å². The molecule has 25 heavy (non-hydrogen) atoms. The summed E-state index contributed by atoms with van der Waals surface area (Å²) >= 11 is 5.89. The van der Waals surface area contributed by atoms with Gasteiger partial charge in [-0.05, 0) is 49.8 Å². The quantitative estimate of drug-likeness (QED) is 0.806. The summed E-state index contributed by atoms with van der Waals surface area (Å²) in [4.78, 5) is 37.8. The van der Waals surface area contributed by atoms with Gasteiger partial charge < -0.3 is 15.4 Å². The minimum Gasteiger partial charge on any atom is -0.455 e. The van der Waals surface area contributed by atoms with Crippen LogP contribution in [0.4, 0.5) is 0 Å². The van der Waals surface area contributed by atoms with Gasteiger partial charge in [0.25, 0.3) is 5.91 Å². The minimum absolute atomic E-state index is 0.363. The highest BCUT2D eigenvalue weighted by molar-refractivity contribution is 6.30. The lowest BCUT2D eigenvalue weighted by atomic mass is 9.96. The van der Waals surface area contributed by atoms with E-state index in [0.717, 1.165) is 18.4 Å². The number of halogens is 1. The van der Waals surface area contributed by atoms with E-state index >= 15 is 0 Å². The Morgan fingerprint density at radius 1 is 1.20 bits per heavy atom. The van der Waals surface area contributed by atoms with E-state index in [-0.39, 0.29) is 12.5 Å². The number of amides is 2. The summed E-state index contributed by atoms with van der Waals surface area (Å²) in [5.74, 6) is -1.29. The Labute approximate surface area is 151 Å². The van der Waals surface area contributed by atoms with Crippen LogP contribution in [0.3, 0.4) is 0 Å². The Kier molecular flexibility index (Phi) is 4.99. The van der Waals surface area contributed by atoms with Crippen LogP contribution in [-0.2, 0) is 24.5 Å². The molecule has 6 nitrogen and oxygen atoms in total. The van der Waals surface area contributed by atoms with Gasteiger partial charge in [-0.3, -0.25) is 14.4 Å². The molecule has 1 aromatic carbocycles. The molecular weight excluding hydrogens is 344 g/mol. The number of carbonyl (C=O) groups is 3. The van der Waals surface area contributed by atoms with Gasteiger partial charge in [0.2, 0.25) is 5.91 Å². The molecule has 2 amide bonds. The zero-order valence-corrected chi connectivity index (χ0v) is 14.6. The average Bonchev–Trinajstić information content (AvgIpc) is 3.42. The molecular formula is C18H21ClN2O4. The maximum atomic E-state index is 12.5. The number of rotatable bonds is 5. The second-order valence-corrected chi connectivity index (χ2v) is 7.10. The number of nitrogens with two attached hydrogens (primary N) is 1. The predicted molar refractivity (Wildman–Crippen MR) is 91.9 cm³/mol. The molecule has 1 atom stereocenters. The van der Waals surface area contributed by atoms with E-state index in [4.69, 9.17) is 22.1 Å². The molecule has 7 heteroatoms. The van der Waals surface area contributed by atoms with Crippen LogP contribution >= 0.6 is 11.6 Å². The van der Waals surface area contributed by atoms with Gasteiger partial charge >= 0.3 is 5.97 Å². The third-order valence-corrected chi connectivity index (χ3v) is 5.27. The normalized spacial score (nSPS) is 21.5. The molecule has 0 radical (unpaired) electrons. The Bertz CT molecular complexity index is 685. The van der Waals surface area contributed by atoms with E-state index in [1.165, 1.54) is 4.90 Å². The summed E-state index contributed by atoms with van der Waals surface area (Å²) in [7, 11) is 0. The fourth-order valence-electron chi connectivity index (χ4n) is 3.38. The number of likely N-dealkylation sites (tertiary alicyclic amines) is 1. The fourth-order valence-corrected chi connectivity index (χ4v) is 3.50. The molecule has 1 aliphatic heterocycles. The van der Waals surface area contributed by atoms with Crippen LogP contribution in [0.25, 0.3) is 0 Å². The second-order valence-electron chi connectivity index (χ2n) is 6.67. The van der Waals surface area contributed by atoms with Crippen molar-refractivity contribution in [1.29, 1.82) is 0 Å². The van der Waals surface area contributed by atoms with Gasteiger partial charge in [-0.25, -0.2) is 0 Å².